The van der Waals surface area contributed by atoms with Crippen LogP contribution in [0.3, 0.4) is 0 Å². The van der Waals surface area contributed by atoms with Gasteiger partial charge < -0.3 is 10.2 Å². The van der Waals surface area contributed by atoms with Crippen molar-refractivity contribution in [2.45, 2.75) is 38.3 Å². The lowest BCUT2D eigenvalue weighted by molar-refractivity contribution is 0.276. The van der Waals surface area contributed by atoms with E-state index >= 15 is 0 Å². The molecule has 0 aromatic rings. The molecule has 0 spiro atoms. The summed E-state index contributed by atoms with van der Waals surface area (Å²) in [6.07, 6.45) is 4.27. The van der Waals surface area contributed by atoms with E-state index in [-0.39, 0.29) is 0 Å². The molecule has 0 radical (unpaired) electrons. The van der Waals surface area contributed by atoms with E-state index in [1.165, 1.54) is 25.8 Å². The maximum absolute atomic E-state index is 3.54. The molecule has 0 aromatic carbocycles. The first-order valence-corrected chi connectivity index (χ1v) is 5.26. The zero-order valence-corrected chi connectivity index (χ0v) is 8.21. The van der Waals surface area contributed by atoms with Crippen molar-refractivity contribution in [3.8, 4) is 0 Å². The van der Waals surface area contributed by atoms with Gasteiger partial charge in [-0.15, -0.1) is 0 Å². The highest BCUT2D eigenvalue weighted by molar-refractivity contribution is 5.01. The molecular weight excluding hydrogens is 148 g/mol. The van der Waals surface area contributed by atoms with Crippen molar-refractivity contribution in [2.75, 3.05) is 20.1 Å². The third kappa shape index (κ3) is 1.50. The highest BCUT2D eigenvalue weighted by Gasteiger charge is 2.44. The Labute approximate surface area is 75.3 Å². The van der Waals surface area contributed by atoms with Crippen molar-refractivity contribution in [3.05, 3.63) is 0 Å². The van der Waals surface area contributed by atoms with Gasteiger partial charge in [-0.1, -0.05) is 6.92 Å². The summed E-state index contributed by atoms with van der Waals surface area (Å²) in [6, 6.07) is 1.74. The lowest BCUT2D eigenvalue weighted by Crippen LogP contribution is -2.30. The van der Waals surface area contributed by atoms with Gasteiger partial charge in [0.1, 0.15) is 0 Å². The number of rotatable bonds is 3. The molecule has 70 valence electrons. The Kier molecular flexibility index (Phi) is 2.37. The van der Waals surface area contributed by atoms with Crippen LogP contribution >= 0.6 is 0 Å². The number of hydrogen-bond acceptors (Lipinski definition) is 2. The molecule has 3 atom stereocenters. The maximum Gasteiger partial charge on any atom is 0.0136 e. The summed E-state index contributed by atoms with van der Waals surface area (Å²) < 4.78 is 0. The number of hydrogen-bond donors (Lipinski definition) is 1. The minimum absolute atomic E-state index is 0.848. The predicted octanol–water partition coefficient (Wildman–Crippen LogP) is 1.08. The van der Waals surface area contributed by atoms with Crippen molar-refractivity contribution in [2.24, 2.45) is 5.92 Å². The molecule has 1 saturated heterocycles. The molecule has 0 amide bonds. The maximum atomic E-state index is 3.54. The SMILES string of the molecule is CCNC1CC1C1CCCN1C. The number of nitrogens with zero attached hydrogens (tertiary/aromatic N) is 1. The van der Waals surface area contributed by atoms with Gasteiger partial charge in [0, 0.05) is 12.1 Å². The summed E-state index contributed by atoms with van der Waals surface area (Å²) in [4.78, 5) is 2.54. The molecule has 1 heterocycles. The Morgan fingerprint density at radius 3 is 2.92 bits per heavy atom. The van der Waals surface area contributed by atoms with Gasteiger partial charge in [-0.2, -0.15) is 0 Å². The van der Waals surface area contributed by atoms with Gasteiger partial charge >= 0.3 is 0 Å². The molecule has 1 aliphatic heterocycles. The first kappa shape index (κ1) is 8.52. The van der Waals surface area contributed by atoms with Gasteiger partial charge in [0.15, 0.2) is 0 Å². The predicted molar refractivity (Wildman–Crippen MR) is 51.2 cm³/mol. The molecule has 0 bridgehead atoms. The Bertz CT molecular complexity index is 158. The van der Waals surface area contributed by atoms with E-state index in [0.717, 1.165) is 24.5 Å². The first-order chi connectivity index (χ1) is 5.83. The quantitative estimate of drug-likeness (QED) is 0.678. The molecule has 2 nitrogen and oxygen atoms in total. The Morgan fingerprint density at radius 2 is 2.33 bits per heavy atom. The highest BCUT2D eigenvalue weighted by atomic mass is 15.2. The van der Waals surface area contributed by atoms with E-state index < -0.39 is 0 Å². The average Bonchev–Trinajstić information content (AvgIpc) is 2.67. The third-order valence-electron chi connectivity index (χ3n) is 3.38. The fraction of sp³-hybridized carbons (Fsp3) is 1.00. The van der Waals surface area contributed by atoms with Gasteiger partial charge in [-0.05, 0) is 45.3 Å². The number of nitrogens with one attached hydrogen (secondary N) is 1. The molecule has 2 aliphatic rings. The molecular formula is C10H20N2. The third-order valence-corrected chi connectivity index (χ3v) is 3.38. The van der Waals surface area contributed by atoms with Crippen molar-refractivity contribution in [3.63, 3.8) is 0 Å². The fourth-order valence-electron chi connectivity index (χ4n) is 2.61. The normalized spacial score (nSPS) is 42.0. The van der Waals surface area contributed by atoms with Crippen LogP contribution in [0, 0.1) is 5.92 Å². The van der Waals surface area contributed by atoms with Crippen molar-refractivity contribution in [1.29, 1.82) is 0 Å². The minimum atomic E-state index is 0.848. The van der Waals surface area contributed by atoms with E-state index in [0.29, 0.717) is 0 Å². The second-order valence-electron chi connectivity index (χ2n) is 4.25. The van der Waals surface area contributed by atoms with Crippen LogP contribution < -0.4 is 5.32 Å². The first-order valence-electron chi connectivity index (χ1n) is 5.26. The van der Waals surface area contributed by atoms with E-state index in [4.69, 9.17) is 0 Å². The van der Waals surface area contributed by atoms with Gasteiger partial charge in [-0.3, -0.25) is 0 Å². The Hall–Kier alpha value is -0.0800. The van der Waals surface area contributed by atoms with Crippen LogP contribution in [0.2, 0.25) is 0 Å². The second kappa shape index (κ2) is 3.35. The molecule has 2 heteroatoms. The largest absolute Gasteiger partial charge is 0.314 e. The lowest BCUT2D eigenvalue weighted by Gasteiger charge is -2.19. The summed E-state index contributed by atoms with van der Waals surface area (Å²) in [7, 11) is 2.28. The zero-order chi connectivity index (χ0) is 8.55. The van der Waals surface area contributed by atoms with E-state index in [2.05, 4.69) is 24.2 Å². The van der Waals surface area contributed by atoms with Crippen LogP contribution in [0.5, 0.6) is 0 Å². The molecule has 0 aromatic heterocycles. The Balaban J connectivity index is 1.79. The standard InChI is InChI=1S/C10H20N2/c1-3-11-9-7-8(9)10-5-4-6-12(10)2/h8-11H,3-7H2,1-2H3. The summed E-state index contributed by atoms with van der Waals surface area (Å²) in [6.45, 7) is 4.66. The van der Waals surface area contributed by atoms with Crippen LogP contribution in [-0.4, -0.2) is 37.1 Å². The summed E-state index contributed by atoms with van der Waals surface area (Å²) in [5.74, 6) is 0.970. The van der Waals surface area contributed by atoms with Gasteiger partial charge in [0.05, 0.1) is 0 Å². The van der Waals surface area contributed by atoms with Crippen LogP contribution in [0.15, 0.2) is 0 Å². The minimum Gasteiger partial charge on any atom is -0.314 e. The van der Waals surface area contributed by atoms with Gasteiger partial charge in [0.25, 0.3) is 0 Å². The van der Waals surface area contributed by atoms with Gasteiger partial charge in [0.2, 0.25) is 0 Å². The second-order valence-corrected chi connectivity index (χ2v) is 4.25. The van der Waals surface area contributed by atoms with Crippen molar-refractivity contribution >= 4 is 0 Å². The van der Waals surface area contributed by atoms with Crippen LogP contribution in [0.4, 0.5) is 0 Å². The van der Waals surface area contributed by atoms with E-state index in [9.17, 15) is 0 Å². The summed E-state index contributed by atoms with van der Waals surface area (Å²) in [5.41, 5.74) is 0. The molecule has 1 N–H and O–H groups in total. The molecule has 1 saturated carbocycles. The molecule has 12 heavy (non-hydrogen) atoms. The molecule has 3 unspecified atom stereocenters. The summed E-state index contributed by atoms with van der Waals surface area (Å²) in [5, 5.41) is 3.54. The fourth-order valence-corrected chi connectivity index (χ4v) is 2.61. The van der Waals surface area contributed by atoms with Crippen molar-refractivity contribution < 1.29 is 0 Å². The van der Waals surface area contributed by atoms with Crippen LogP contribution in [0.25, 0.3) is 0 Å². The zero-order valence-electron chi connectivity index (χ0n) is 8.21. The van der Waals surface area contributed by atoms with Crippen LogP contribution in [0.1, 0.15) is 26.2 Å². The number of likely N-dealkylation sites (tertiary alicyclic amines) is 1. The average molecular weight is 168 g/mol. The monoisotopic (exact) mass is 168 g/mol. The lowest BCUT2D eigenvalue weighted by atomic mass is 10.1. The Morgan fingerprint density at radius 1 is 1.50 bits per heavy atom. The van der Waals surface area contributed by atoms with E-state index in [1.54, 1.807) is 0 Å². The van der Waals surface area contributed by atoms with Gasteiger partial charge in [-0.25, -0.2) is 0 Å². The van der Waals surface area contributed by atoms with E-state index in [1.807, 2.05) is 0 Å². The molecule has 2 fully saturated rings. The summed E-state index contributed by atoms with van der Waals surface area (Å²) >= 11 is 0. The van der Waals surface area contributed by atoms with Crippen molar-refractivity contribution in [1.82, 2.24) is 10.2 Å². The molecule has 2 rings (SSSR count). The highest BCUT2D eigenvalue weighted by Crippen LogP contribution is 2.39. The van der Waals surface area contributed by atoms with Crippen LogP contribution in [-0.2, 0) is 0 Å². The molecule has 1 aliphatic carbocycles. The topological polar surface area (TPSA) is 15.3 Å². The smallest absolute Gasteiger partial charge is 0.0136 e.